The van der Waals surface area contributed by atoms with Crippen LogP contribution in [0.25, 0.3) is 0 Å². The van der Waals surface area contributed by atoms with Gasteiger partial charge in [0.15, 0.2) is 5.79 Å². The molecule has 0 fully saturated rings. The molecule has 0 aliphatic rings. The molecule has 0 saturated carbocycles. The van der Waals surface area contributed by atoms with E-state index in [2.05, 4.69) is 6.92 Å². The van der Waals surface area contributed by atoms with E-state index in [1.807, 2.05) is 0 Å². The quantitative estimate of drug-likeness (QED) is 0.355. The highest BCUT2D eigenvalue weighted by Gasteiger charge is 2.22. The fraction of sp³-hybridized carbons (Fsp3) is 0.933. The molecule has 0 radical (unpaired) electrons. The van der Waals surface area contributed by atoms with E-state index in [4.69, 9.17) is 5.11 Å². The Morgan fingerprint density at radius 1 is 0.842 bits per heavy atom. The Morgan fingerprint density at radius 2 is 1.32 bits per heavy atom. The Bertz CT molecular complexity index is 226. The largest absolute Gasteiger partial charge is 0.481 e. The lowest BCUT2D eigenvalue weighted by atomic mass is 10.0. The summed E-state index contributed by atoms with van der Waals surface area (Å²) in [7, 11) is 0. The first-order valence-electron chi connectivity index (χ1n) is 7.64. The van der Waals surface area contributed by atoms with Gasteiger partial charge in [0.1, 0.15) is 0 Å². The Labute approximate surface area is 116 Å². The van der Waals surface area contributed by atoms with Crippen LogP contribution in [0.5, 0.6) is 0 Å². The third kappa shape index (κ3) is 13.6. The summed E-state index contributed by atoms with van der Waals surface area (Å²) < 4.78 is 0. The van der Waals surface area contributed by atoms with Crippen molar-refractivity contribution in [3.8, 4) is 0 Å². The van der Waals surface area contributed by atoms with E-state index in [9.17, 15) is 15.0 Å². The van der Waals surface area contributed by atoms with Gasteiger partial charge >= 0.3 is 5.97 Å². The maximum Gasteiger partial charge on any atom is 0.303 e. The summed E-state index contributed by atoms with van der Waals surface area (Å²) in [5, 5.41) is 27.6. The van der Waals surface area contributed by atoms with Gasteiger partial charge in [0.25, 0.3) is 0 Å². The minimum atomic E-state index is -1.81. The van der Waals surface area contributed by atoms with Crippen molar-refractivity contribution in [1.29, 1.82) is 0 Å². The van der Waals surface area contributed by atoms with Crippen LogP contribution in [0.1, 0.15) is 84.0 Å². The molecule has 0 amide bonds. The van der Waals surface area contributed by atoms with Gasteiger partial charge in [-0.2, -0.15) is 0 Å². The second-order valence-corrected chi connectivity index (χ2v) is 5.45. The van der Waals surface area contributed by atoms with Crippen LogP contribution in [0.15, 0.2) is 0 Å². The van der Waals surface area contributed by atoms with Crippen molar-refractivity contribution >= 4 is 5.97 Å². The standard InChI is InChI=1S/C15H30O4/c1-2-3-4-5-6-7-8-9-10-12-15(18,19)13-11-14(16)17/h18-19H,2-13H2,1H3,(H,16,17). The number of unbranched alkanes of at least 4 members (excludes halogenated alkanes) is 8. The van der Waals surface area contributed by atoms with Gasteiger partial charge in [-0.3, -0.25) is 4.79 Å². The molecule has 0 unspecified atom stereocenters. The maximum atomic E-state index is 10.3. The molecule has 114 valence electrons. The molecule has 0 aliphatic heterocycles. The Kier molecular flexibility index (Phi) is 10.9. The van der Waals surface area contributed by atoms with Gasteiger partial charge < -0.3 is 15.3 Å². The second-order valence-electron chi connectivity index (χ2n) is 5.45. The van der Waals surface area contributed by atoms with Gasteiger partial charge in [-0.05, 0) is 6.42 Å². The molecular formula is C15H30O4. The van der Waals surface area contributed by atoms with Crippen molar-refractivity contribution in [2.75, 3.05) is 0 Å². The van der Waals surface area contributed by atoms with Gasteiger partial charge in [-0.1, -0.05) is 58.3 Å². The molecule has 0 aromatic rings. The number of carboxylic acids is 1. The van der Waals surface area contributed by atoms with Crippen LogP contribution in [0.2, 0.25) is 0 Å². The maximum absolute atomic E-state index is 10.3. The first-order valence-corrected chi connectivity index (χ1v) is 7.64. The van der Waals surface area contributed by atoms with Gasteiger partial charge in [0, 0.05) is 12.8 Å². The van der Waals surface area contributed by atoms with E-state index in [1.54, 1.807) is 0 Å². The fourth-order valence-electron chi connectivity index (χ4n) is 2.15. The molecule has 4 nitrogen and oxygen atoms in total. The highest BCUT2D eigenvalue weighted by Crippen LogP contribution is 2.19. The molecule has 0 atom stereocenters. The van der Waals surface area contributed by atoms with E-state index in [1.165, 1.54) is 38.5 Å². The summed E-state index contributed by atoms with van der Waals surface area (Å²) in [5.41, 5.74) is 0. The molecule has 0 spiro atoms. The number of aliphatic carboxylic acids is 1. The third-order valence-electron chi connectivity index (χ3n) is 3.42. The predicted octanol–water partition coefficient (Wildman–Crippen LogP) is 3.45. The zero-order valence-corrected chi connectivity index (χ0v) is 12.2. The van der Waals surface area contributed by atoms with Crippen LogP contribution in [0.3, 0.4) is 0 Å². The lowest BCUT2D eigenvalue weighted by Gasteiger charge is -2.20. The molecule has 0 aliphatic carbocycles. The Morgan fingerprint density at radius 3 is 1.79 bits per heavy atom. The lowest BCUT2D eigenvalue weighted by molar-refractivity contribution is -0.176. The molecule has 0 aromatic heterocycles. The topological polar surface area (TPSA) is 77.8 Å². The SMILES string of the molecule is CCCCCCCCCCCC(O)(O)CCC(=O)O. The van der Waals surface area contributed by atoms with Crippen molar-refractivity contribution in [3.05, 3.63) is 0 Å². The van der Waals surface area contributed by atoms with Crippen molar-refractivity contribution in [2.45, 2.75) is 89.8 Å². The van der Waals surface area contributed by atoms with Crippen LogP contribution in [-0.4, -0.2) is 27.1 Å². The van der Waals surface area contributed by atoms with E-state index in [-0.39, 0.29) is 19.3 Å². The monoisotopic (exact) mass is 274 g/mol. The Hall–Kier alpha value is -0.610. The lowest BCUT2D eigenvalue weighted by Crippen LogP contribution is -2.28. The molecule has 0 bridgehead atoms. The van der Waals surface area contributed by atoms with E-state index < -0.39 is 11.8 Å². The summed E-state index contributed by atoms with van der Waals surface area (Å²) in [6.45, 7) is 2.21. The molecule has 0 rings (SSSR count). The van der Waals surface area contributed by atoms with E-state index in [0.29, 0.717) is 0 Å². The van der Waals surface area contributed by atoms with Crippen molar-refractivity contribution in [3.63, 3.8) is 0 Å². The highest BCUT2D eigenvalue weighted by molar-refractivity contribution is 5.66. The van der Waals surface area contributed by atoms with Crippen LogP contribution in [0.4, 0.5) is 0 Å². The number of carbonyl (C=O) groups is 1. The Balaban J connectivity index is 3.35. The molecule has 0 saturated heterocycles. The zero-order valence-electron chi connectivity index (χ0n) is 12.2. The van der Waals surface area contributed by atoms with Crippen molar-refractivity contribution in [1.82, 2.24) is 0 Å². The van der Waals surface area contributed by atoms with Crippen LogP contribution in [0, 0.1) is 0 Å². The van der Waals surface area contributed by atoms with Crippen LogP contribution >= 0.6 is 0 Å². The smallest absolute Gasteiger partial charge is 0.303 e. The normalized spacial score (nSPS) is 11.7. The minimum Gasteiger partial charge on any atom is -0.481 e. The average Bonchev–Trinajstić information content (AvgIpc) is 2.34. The number of carboxylic acid groups (broad SMARTS) is 1. The van der Waals surface area contributed by atoms with Crippen LogP contribution < -0.4 is 0 Å². The first kappa shape index (κ1) is 18.4. The summed E-state index contributed by atoms with van der Waals surface area (Å²) in [6, 6.07) is 0. The third-order valence-corrected chi connectivity index (χ3v) is 3.42. The first-order chi connectivity index (χ1) is 8.98. The van der Waals surface area contributed by atoms with Gasteiger partial charge in [-0.25, -0.2) is 0 Å². The highest BCUT2D eigenvalue weighted by atomic mass is 16.5. The second kappa shape index (κ2) is 11.2. The number of rotatable bonds is 13. The van der Waals surface area contributed by atoms with Gasteiger partial charge in [-0.15, -0.1) is 0 Å². The molecular weight excluding hydrogens is 244 g/mol. The molecule has 0 heterocycles. The van der Waals surface area contributed by atoms with Gasteiger partial charge in [0.05, 0.1) is 6.42 Å². The summed E-state index contributed by atoms with van der Waals surface area (Å²) in [6.07, 6.45) is 10.6. The molecule has 3 N–H and O–H groups in total. The fourth-order valence-corrected chi connectivity index (χ4v) is 2.15. The van der Waals surface area contributed by atoms with Crippen molar-refractivity contribution < 1.29 is 20.1 Å². The zero-order chi connectivity index (χ0) is 14.6. The van der Waals surface area contributed by atoms with E-state index >= 15 is 0 Å². The summed E-state index contributed by atoms with van der Waals surface area (Å²) >= 11 is 0. The number of hydrogen-bond acceptors (Lipinski definition) is 3. The molecule has 4 heteroatoms. The predicted molar refractivity (Wildman–Crippen MR) is 75.9 cm³/mol. The van der Waals surface area contributed by atoms with Gasteiger partial charge in [0.2, 0.25) is 0 Å². The average molecular weight is 274 g/mol. The summed E-state index contributed by atoms with van der Waals surface area (Å²) in [5.74, 6) is -2.79. The van der Waals surface area contributed by atoms with Crippen molar-refractivity contribution in [2.24, 2.45) is 0 Å². The molecule has 19 heavy (non-hydrogen) atoms. The van der Waals surface area contributed by atoms with E-state index in [0.717, 1.165) is 19.3 Å². The number of hydrogen-bond donors (Lipinski definition) is 3. The molecule has 0 aromatic carbocycles. The van der Waals surface area contributed by atoms with Crippen LogP contribution in [-0.2, 0) is 4.79 Å². The summed E-state index contributed by atoms with van der Waals surface area (Å²) in [4.78, 5) is 10.3. The minimum absolute atomic E-state index is 0.0840. The number of aliphatic hydroxyl groups is 2.